The quantitative estimate of drug-likeness (QED) is 0.291. The molecule has 0 bridgehead atoms. The fraction of sp³-hybridized carbons (Fsp3) is 0.133. The molecular formula is C30H26O8. The predicted octanol–water partition coefficient (Wildman–Crippen LogP) is 5.26. The largest absolute Gasteiger partial charge is 0.507 e. The monoisotopic (exact) mass is 514 g/mol. The first kappa shape index (κ1) is 26.1. The molecule has 0 spiro atoms. The van der Waals surface area contributed by atoms with Gasteiger partial charge in [-0.25, -0.2) is 0 Å². The number of rotatable bonds is 9. The topological polar surface area (TPSA) is 112 Å². The summed E-state index contributed by atoms with van der Waals surface area (Å²) in [4.78, 5) is 26.7. The van der Waals surface area contributed by atoms with Crippen LogP contribution in [0.4, 0.5) is 0 Å². The molecule has 8 nitrogen and oxygen atoms in total. The van der Waals surface area contributed by atoms with E-state index in [0.29, 0.717) is 34.1 Å². The van der Waals surface area contributed by atoms with Crippen LogP contribution in [-0.2, 0) is 0 Å². The van der Waals surface area contributed by atoms with Crippen LogP contribution < -0.4 is 18.9 Å². The number of ketones is 2. The number of hydrogen-bond acceptors (Lipinski definition) is 8. The van der Waals surface area contributed by atoms with Gasteiger partial charge in [-0.15, -0.1) is 0 Å². The van der Waals surface area contributed by atoms with Crippen molar-refractivity contribution in [2.45, 2.75) is 0 Å². The van der Waals surface area contributed by atoms with E-state index >= 15 is 0 Å². The molecule has 0 amide bonds. The maximum atomic E-state index is 13.4. The van der Waals surface area contributed by atoms with Gasteiger partial charge in [-0.2, -0.15) is 0 Å². The fourth-order valence-corrected chi connectivity index (χ4v) is 4.06. The number of aromatic hydroxyl groups is 2. The molecule has 4 aromatic carbocycles. The van der Waals surface area contributed by atoms with Gasteiger partial charge in [0.2, 0.25) is 0 Å². The van der Waals surface area contributed by atoms with Crippen molar-refractivity contribution in [1.82, 2.24) is 0 Å². The van der Waals surface area contributed by atoms with Crippen LogP contribution in [-0.4, -0.2) is 50.2 Å². The highest BCUT2D eigenvalue weighted by Gasteiger charge is 2.22. The first-order valence-electron chi connectivity index (χ1n) is 11.5. The Hall–Kier alpha value is -4.98. The summed E-state index contributed by atoms with van der Waals surface area (Å²) in [5.74, 6) is 0.292. The number of carbonyl (C=O) groups is 2. The number of hydrogen-bond donors (Lipinski definition) is 2. The third-order valence-electron chi connectivity index (χ3n) is 6.12. The van der Waals surface area contributed by atoms with E-state index in [1.165, 1.54) is 52.7 Å². The second-order valence-corrected chi connectivity index (χ2v) is 8.25. The van der Waals surface area contributed by atoms with Crippen LogP contribution in [0.3, 0.4) is 0 Å². The van der Waals surface area contributed by atoms with Crippen LogP contribution in [0.15, 0.2) is 72.8 Å². The second-order valence-electron chi connectivity index (χ2n) is 8.25. The maximum Gasteiger partial charge on any atom is 0.200 e. The molecule has 0 radical (unpaired) electrons. The minimum absolute atomic E-state index is 0.0451. The van der Waals surface area contributed by atoms with Gasteiger partial charge in [-0.3, -0.25) is 9.59 Å². The van der Waals surface area contributed by atoms with Crippen molar-refractivity contribution in [3.63, 3.8) is 0 Å². The molecule has 0 atom stereocenters. The van der Waals surface area contributed by atoms with Crippen LogP contribution in [0.25, 0.3) is 11.1 Å². The minimum atomic E-state index is -0.457. The molecule has 0 saturated heterocycles. The second kappa shape index (κ2) is 11.0. The SMILES string of the molecule is COc1ccc(C(=O)c2cc(-c3ccc(O)c(C(=O)c4ccc(OC)cc4OC)c3)ccc2O)c(OC)c1. The number of benzene rings is 4. The highest BCUT2D eigenvalue weighted by molar-refractivity contribution is 6.14. The first-order chi connectivity index (χ1) is 18.3. The summed E-state index contributed by atoms with van der Waals surface area (Å²) >= 11 is 0. The third-order valence-corrected chi connectivity index (χ3v) is 6.12. The Bertz CT molecular complexity index is 1410. The molecule has 2 N–H and O–H groups in total. The Labute approximate surface area is 219 Å². The molecular weight excluding hydrogens is 488 g/mol. The van der Waals surface area contributed by atoms with Gasteiger partial charge in [0.05, 0.1) is 50.7 Å². The Morgan fingerprint density at radius 2 is 0.895 bits per heavy atom. The maximum absolute atomic E-state index is 13.4. The van der Waals surface area contributed by atoms with Gasteiger partial charge in [0.15, 0.2) is 11.6 Å². The normalized spacial score (nSPS) is 10.5. The van der Waals surface area contributed by atoms with Crippen molar-refractivity contribution in [1.29, 1.82) is 0 Å². The molecule has 194 valence electrons. The smallest absolute Gasteiger partial charge is 0.200 e. The molecule has 0 aliphatic heterocycles. The first-order valence-corrected chi connectivity index (χ1v) is 11.5. The Balaban J connectivity index is 1.75. The van der Waals surface area contributed by atoms with Gasteiger partial charge in [0.1, 0.15) is 34.5 Å². The van der Waals surface area contributed by atoms with Gasteiger partial charge >= 0.3 is 0 Å². The summed E-state index contributed by atoms with van der Waals surface area (Å²) < 4.78 is 21.1. The van der Waals surface area contributed by atoms with Crippen LogP contribution >= 0.6 is 0 Å². The molecule has 0 aromatic heterocycles. The zero-order valence-corrected chi connectivity index (χ0v) is 21.3. The third kappa shape index (κ3) is 4.97. The van der Waals surface area contributed by atoms with Crippen molar-refractivity contribution in [3.05, 3.63) is 95.1 Å². The highest BCUT2D eigenvalue weighted by atomic mass is 16.5. The standard InChI is InChI=1S/C30H26O8/c1-35-19-7-9-21(27(15-19)37-3)29(33)23-13-17(5-11-25(23)31)18-6-12-26(32)24(14-18)30(34)22-10-8-20(36-2)16-28(22)38-4/h5-16,31-32H,1-4H3. The van der Waals surface area contributed by atoms with Crippen LogP contribution in [0.1, 0.15) is 31.8 Å². The number of ether oxygens (including phenoxy) is 4. The molecule has 0 heterocycles. The Morgan fingerprint density at radius 1 is 0.500 bits per heavy atom. The molecule has 4 rings (SSSR count). The molecule has 0 fully saturated rings. The molecule has 8 heteroatoms. The minimum Gasteiger partial charge on any atom is -0.507 e. The summed E-state index contributed by atoms with van der Waals surface area (Å²) in [6, 6.07) is 18.6. The number of methoxy groups -OCH3 is 4. The Kier molecular flexibility index (Phi) is 7.53. The molecule has 38 heavy (non-hydrogen) atoms. The summed E-state index contributed by atoms with van der Waals surface area (Å²) in [6.45, 7) is 0. The summed E-state index contributed by atoms with van der Waals surface area (Å²) in [5, 5.41) is 21.0. The summed E-state index contributed by atoms with van der Waals surface area (Å²) in [5.41, 5.74) is 1.68. The molecule has 4 aromatic rings. The van der Waals surface area contributed by atoms with Crippen molar-refractivity contribution in [3.8, 4) is 45.6 Å². The summed E-state index contributed by atoms with van der Waals surface area (Å²) in [6.07, 6.45) is 0. The van der Waals surface area contributed by atoms with Gasteiger partial charge in [-0.1, -0.05) is 12.1 Å². The van der Waals surface area contributed by atoms with E-state index in [4.69, 9.17) is 18.9 Å². The van der Waals surface area contributed by atoms with Crippen molar-refractivity contribution < 1.29 is 38.7 Å². The van der Waals surface area contributed by atoms with E-state index in [9.17, 15) is 19.8 Å². The van der Waals surface area contributed by atoms with Crippen LogP contribution in [0.2, 0.25) is 0 Å². The van der Waals surface area contributed by atoms with E-state index in [1.54, 1.807) is 48.5 Å². The Morgan fingerprint density at radius 3 is 1.24 bits per heavy atom. The van der Waals surface area contributed by atoms with Gasteiger partial charge in [0, 0.05) is 12.1 Å². The fourth-order valence-electron chi connectivity index (χ4n) is 4.06. The molecule has 0 saturated carbocycles. The van der Waals surface area contributed by atoms with Gasteiger partial charge in [0.25, 0.3) is 0 Å². The lowest BCUT2D eigenvalue weighted by Gasteiger charge is -2.13. The lowest BCUT2D eigenvalue weighted by atomic mass is 9.94. The lowest BCUT2D eigenvalue weighted by molar-refractivity contribution is 0.102. The molecule has 0 aliphatic carbocycles. The lowest BCUT2D eigenvalue weighted by Crippen LogP contribution is -2.06. The average molecular weight is 515 g/mol. The molecule has 0 aliphatic rings. The summed E-state index contributed by atoms with van der Waals surface area (Å²) in [7, 11) is 5.89. The van der Waals surface area contributed by atoms with Crippen molar-refractivity contribution in [2.75, 3.05) is 28.4 Å². The zero-order chi connectivity index (χ0) is 27.4. The average Bonchev–Trinajstić information content (AvgIpc) is 2.96. The van der Waals surface area contributed by atoms with Crippen LogP contribution in [0.5, 0.6) is 34.5 Å². The van der Waals surface area contributed by atoms with Gasteiger partial charge in [-0.05, 0) is 59.7 Å². The van der Waals surface area contributed by atoms with Crippen molar-refractivity contribution >= 4 is 11.6 Å². The van der Waals surface area contributed by atoms with E-state index in [-0.39, 0.29) is 33.8 Å². The van der Waals surface area contributed by atoms with E-state index in [1.807, 2.05) is 0 Å². The van der Waals surface area contributed by atoms with Gasteiger partial charge < -0.3 is 29.2 Å². The van der Waals surface area contributed by atoms with Crippen molar-refractivity contribution in [2.24, 2.45) is 0 Å². The molecule has 0 unspecified atom stereocenters. The zero-order valence-electron chi connectivity index (χ0n) is 21.3. The van der Waals surface area contributed by atoms with E-state index in [0.717, 1.165) is 0 Å². The van der Waals surface area contributed by atoms with E-state index in [2.05, 4.69) is 0 Å². The van der Waals surface area contributed by atoms with Crippen LogP contribution in [0, 0.1) is 0 Å². The number of phenolic OH excluding ortho intramolecular Hbond substituents is 2. The van der Waals surface area contributed by atoms with E-state index < -0.39 is 11.6 Å². The predicted molar refractivity (Wildman–Crippen MR) is 141 cm³/mol. The highest BCUT2D eigenvalue weighted by Crippen LogP contribution is 2.35. The number of phenols is 2. The number of carbonyl (C=O) groups excluding carboxylic acids is 2.